The highest BCUT2D eigenvalue weighted by Crippen LogP contribution is 2.33. The van der Waals surface area contributed by atoms with Crippen LogP contribution in [0.3, 0.4) is 0 Å². The lowest BCUT2D eigenvalue weighted by Crippen LogP contribution is -2.30. The maximum absolute atomic E-state index is 13.0. The number of rotatable bonds is 3. The van der Waals surface area contributed by atoms with Gasteiger partial charge in [-0.25, -0.2) is 4.98 Å². The molecular formula is C20H19N3O3. The van der Waals surface area contributed by atoms with E-state index in [1.165, 1.54) is 0 Å². The number of carbonyl (C=O) groups is 2. The number of carboxylic acids is 1. The van der Waals surface area contributed by atoms with Crippen molar-refractivity contribution in [1.82, 2.24) is 14.3 Å². The van der Waals surface area contributed by atoms with E-state index in [0.717, 1.165) is 16.6 Å². The van der Waals surface area contributed by atoms with E-state index in [0.29, 0.717) is 12.2 Å². The van der Waals surface area contributed by atoms with Crippen molar-refractivity contribution in [2.75, 3.05) is 13.1 Å². The molecule has 1 fully saturated rings. The molecule has 1 aliphatic rings. The number of aromatic nitrogens is 2. The number of aryl methyl sites for hydroxylation is 1. The zero-order valence-electron chi connectivity index (χ0n) is 14.4. The molecule has 2 atom stereocenters. The van der Waals surface area contributed by atoms with Crippen LogP contribution in [0.4, 0.5) is 0 Å². The lowest BCUT2D eigenvalue weighted by molar-refractivity contribution is -0.141. The number of aliphatic carboxylic acids is 1. The van der Waals surface area contributed by atoms with E-state index in [1.807, 2.05) is 55.6 Å². The Kier molecular flexibility index (Phi) is 3.95. The van der Waals surface area contributed by atoms with Crippen molar-refractivity contribution in [2.45, 2.75) is 12.8 Å². The fraction of sp³-hybridized carbons (Fsp3) is 0.250. The first kappa shape index (κ1) is 16.3. The minimum Gasteiger partial charge on any atom is -0.481 e. The minimum atomic E-state index is -0.875. The van der Waals surface area contributed by atoms with Gasteiger partial charge in [-0.2, -0.15) is 0 Å². The summed E-state index contributed by atoms with van der Waals surface area (Å²) in [5, 5.41) is 9.63. The van der Waals surface area contributed by atoms with Gasteiger partial charge < -0.3 is 14.4 Å². The fourth-order valence-corrected chi connectivity index (χ4v) is 3.67. The first-order chi connectivity index (χ1) is 12.5. The molecule has 0 spiro atoms. The second-order valence-corrected chi connectivity index (χ2v) is 6.76. The topological polar surface area (TPSA) is 74.9 Å². The first-order valence-corrected chi connectivity index (χ1v) is 8.55. The molecule has 1 aliphatic heterocycles. The smallest absolute Gasteiger partial charge is 0.308 e. The van der Waals surface area contributed by atoms with E-state index in [9.17, 15) is 14.7 Å². The number of carboxylic acid groups (broad SMARTS) is 1. The highest BCUT2D eigenvalue weighted by atomic mass is 16.4. The van der Waals surface area contributed by atoms with Gasteiger partial charge in [-0.05, 0) is 30.2 Å². The molecule has 26 heavy (non-hydrogen) atoms. The molecule has 1 saturated heterocycles. The summed E-state index contributed by atoms with van der Waals surface area (Å²) >= 11 is 0. The summed E-state index contributed by atoms with van der Waals surface area (Å²) in [7, 11) is 0. The van der Waals surface area contributed by atoms with E-state index >= 15 is 0 Å². The standard InChI is InChI=1S/C20H19N3O3/c1-13-7-8-22-12-21-18(17(22)9-13)19(24)23-10-15(16(11-23)20(25)26)14-5-3-2-4-6-14/h2-9,12,15-16H,10-11H2,1H3,(H,25,26)/t15-,16-/m0/s1. The molecule has 4 rings (SSSR count). The summed E-state index contributed by atoms with van der Waals surface area (Å²) in [4.78, 5) is 30.7. The summed E-state index contributed by atoms with van der Waals surface area (Å²) in [6.07, 6.45) is 3.48. The van der Waals surface area contributed by atoms with Gasteiger partial charge in [0.25, 0.3) is 5.91 Å². The Balaban J connectivity index is 1.66. The Bertz CT molecular complexity index is 980. The fourth-order valence-electron chi connectivity index (χ4n) is 3.67. The number of likely N-dealkylation sites (tertiary alicyclic amines) is 1. The number of benzene rings is 1. The van der Waals surface area contributed by atoms with Crippen LogP contribution in [0.15, 0.2) is 55.0 Å². The maximum atomic E-state index is 13.0. The van der Waals surface area contributed by atoms with Gasteiger partial charge in [-0.3, -0.25) is 9.59 Å². The first-order valence-electron chi connectivity index (χ1n) is 8.55. The van der Waals surface area contributed by atoms with Gasteiger partial charge in [0.15, 0.2) is 5.69 Å². The third-order valence-corrected chi connectivity index (χ3v) is 5.05. The molecule has 0 unspecified atom stereocenters. The number of carbonyl (C=O) groups excluding carboxylic acids is 1. The molecule has 0 aliphatic carbocycles. The molecule has 6 heteroatoms. The molecule has 2 aromatic heterocycles. The lowest BCUT2D eigenvalue weighted by Gasteiger charge is -2.15. The van der Waals surface area contributed by atoms with Gasteiger partial charge >= 0.3 is 5.97 Å². The molecule has 3 heterocycles. The predicted molar refractivity (Wildman–Crippen MR) is 96.1 cm³/mol. The summed E-state index contributed by atoms with van der Waals surface area (Å²) in [5.74, 6) is -1.92. The molecule has 0 saturated carbocycles. The van der Waals surface area contributed by atoms with Crippen molar-refractivity contribution in [3.8, 4) is 0 Å². The van der Waals surface area contributed by atoms with Crippen molar-refractivity contribution in [1.29, 1.82) is 0 Å². The van der Waals surface area contributed by atoms with Crippen LogP contribution < -0.4 is 0 Å². The average molecular weight is 349 g/mol. The summed E-state index contributed by atoms with van der Waals surface area (Å²) < 4.78 is 1.81. The van der Waals surface area contributed by atoms with Crippen molar-refractivity contribution < 1.29 is 14.7 Å². The van der Waals surface area contributed by atoms with Gasteiger partial charge in [0.05, 0.1) is 11.4 Å². The maximum Gasteiger partial charge on any atom is 0.308 e. The van der Waals surface area contributed by atoms with Crippen LogP contribution in [-0.2, 0) is 4.79 Å². The second-order valence-electron chi connectivity index (χ2n) is 6.76. The second kappa shape index (κ2) is 6.29. The molecule has 1 aromatic carbocycles. The Labute approximate surface area is 150 Å². The molecule has 0 bridgehead atoms. The van der Waals surface area contributed by atoms with Crippen LogP contribution in [-0.4, -0.2) is 44.4 Å². The summed E-state index contributed by atoms with van der Waals surface area (Å²) in [6, 6.07) is 13.4. The zero-order chi connectivity index (χ0) is 18.3. The van der Waals surface area contributed by atoms with Gasteiger partial charge in [0.2, 0.25) is 0 Å². The molecule has 3 aromatic rings. The predicted octanol–water partition coefficient (Wildman–Crippen LogP) is 2.58. The van der Waals surface area contributed by atoms with Crippen LogP contribution in [0, 0.1) is 12.8 Å². The van der Waals surface area contributed by atoms with Crippen LogP contribution in [0.5, 0.6) is 0 Å². The van der Waals surface area contributed by atoms with Gasteiger partial charge in [0.1, 0.15) is 6.33 Å². The molecule has 1 amide bonds. The Hall–Kier alpha value is -3.15. The third-order valence-electron chi connectivity index (χ3n) is 5.05. The number of imidazole rings is 1. The quantitative estimate of drug-likeness (QED) is 0.789. The summed E-state index contributed by atoms with van der Waals surface area (Å²) in [6.45, 7) is 2.53. The van der Waals surface area contributed by atoms with Gasteiger partial charge in [0, 0.05) is 25.2 Å². The van der Waals surface area contributed by atoms with Crippen LogP contribution in [0.25, 0.3) is 5.52 Å². The third kappa shape index (κ3) is 2.73. The SMILES string of the molecule is Cc1ccn2cnc(C(=O)N3C[C@H](C(=O)O)[C@H](c4ccccc4)C3)c2c1. The highest BCUT2D eigenvalue weighted by molar-refractivity contribution is 5.99. The average Bonchev–Trinajstić information content (AvgIpc) is 3.26. The van der Waals surface area contributed by atoms with Crippen molar-refractivity contribution >= 4 is 17.4 Å². The highest BCUT2D eigenvalue weighted by Gasteiger charge is 2.41. The minimum absolute atomic E-state index is 0.193. The van der Waals surface area contributed by atoms with E-state index in [4.69, 9.17) is 0 Å². The molecule has 0 radical (unpaired) electrons. The molecule has 132 valence electrons. The number of fused-ring (bicyclic) bond motifs is 1. The van der Waals surface area contributed by atoms with Gasteiger partial charge in [-0.15, -0.1) is 0 Å². The number of nitrogens with zero attached hydrogens (tertiary/aromatic N) is 3. The Morgan fingerprint density at radius 2 is 1.92 bits per heavy atom. The summed E-state index contributed by atoms with van der Waals surface area (Å²) in [5.41, 5.74) is 3.09. The van der Waals surface area contributed by atoms with Crippen LogP contribution in [0.1, 0.15) is 27.5 Å². The number of amides is 1. The molecule has 6 nitrogen and oxygen atoms in total. The van der Waals surface area contributed by atoms with E-state index in [2.05, 4.69) is 4.98 Å². The Morgan fingerprint density at radius 3 is 2.65 bits per heavy atom. The van der Waals surface area contributed by atoms with E-state index in [-0.39, 0.29) is 18.4 Å². The molecular weight excluding hydrogens is 330 g/mol. The largest absolute Gasteiger partial charge is 0.481 e. The molecule has 1 N–H and O–H groups in total. The normalized spacial score (nSPS) is 19.8. The van der Waals surface area contributed by atoms with Crippen molar-refractivity contribution in [2.24, 2.45) is 5.92 Å². The number of hydrogen-bond acceptors (Lipinski definition) is 3. The lowest BCUT2D eigenvalue weighted by atomic mass is 9.89. The zero-order valence-corrected chi connectivity index (χ0v) is 14.4. The number of pyridine rings is 1. The van der Waals surface area contributed by atoms with E-state index in [1.54, 1.807) is 15.6 Å². The van der Waals surface area contributed by atoms with E-state index < -0.39 is 11.9 Å². The Morgan fingerprint density at radius 1 is 1.15 bits per heavy atom. The van der Waals surface area contributed by atoms with Crippen molar-refractivity contribution in [3.63, 3.8) is 0 Å². The van der Waals surface area contributed by atoms with Crippen LogP contribution >= 0.6 is 0 Å². The van der Waals surface area contributed by atoms with Crippen molar-refractivity contribution in [3.05, 3.63) is 71.8 Å². The monoisotopic (exact) mass is 349 g/mol. The van der Waals surface area contributed by atoms with Crippen LogP contribution in [0.2, 0.25) is 0 Å². The number of hydrogen-bond donors (Lipinski definition) is 1. The van der Waals surface area contributed by atoms with Gasteiger partial charge in [-0.1, -0.05) is 30.3 Å².